The molecule has 1 saturated carbocycles. The number of nitrogens with one attached hydrogen (secondary N) is 1. The predicted octanol–water partition coefficient (Wildman–Crippen LogP) is 0.689. The van der Waals surface area contributed by atoms with Crippen molar-refractivity contribution in [3.05, 3.63) is 16.1 Å². The van der Waals surface area contributed by atoms with Crippen LogP contribution in [0.5, 0.6) is 0 Å². The summed E-state index contributed by atoms with van der Waals surface area (Å²) < 4.78 is 0. The van der Waals surface area contributed by atoms with Crippen LogP contribution in [0.15, 0.2) is 5.38 Å². The molecule has 2 heterocycles. The van der Waals surface area contributed by atoms with E-state index in [-0.39, 0.29) is 24.4 Å². The summed E-state index contributed by atoms with van der Waals surface area (Å²) in [6.45, 7) is 2.51. The summed E-state index contributed by atoms with van der Waals surface area (Å²) in [4.78, 5) is 30.0. The third kappa shape index (κ3) is 2.12. The van der Waals surface area contributed by atoms with Crippen molar-refractivity contribution >= 4 is 23.2 Å². The van der Waals surface area contributed by atoms with Gasteiger partial charge in [0.2, 0.25) is 11.8 Å². The molecule has 1 unspecified atom stereocenters. The Balaban J connectivity index is 1.81. The van der Waals surface area contributed by atoms with E-state index in [1.165, 1.54) is 0 Å². The van der Waals surface area contributed by atoms with Crippen LogP contribution in [0.25, 0.3) is 0 Å². The lowest BCUT2D eigenvalue weighted by Crippen LogP contribution is -2.58. The number of hydrogen-bond donors (Lipinski definition) is 1. The standard InChI is InChI=1S/C12H15N3O2S/c1-7-14-9(6-18-7)5-15-10(16)4-13-12(17)11(15)8-2-3-8/h6,8,11H,2-5H2,1H3,(H,13,17). The monoisotopic (exact) mass is 265 g/mol. The van der Waals surface area contributed by atoms with Crippen LogP contribution in [0.2, 0.25) is 0 Å². The third-order valence-electron chi connectivity index (χ3n) is 3.41. The van der Waals surface area contributed by atoms with Gasteiger partial charge in [-0.15, -0.1) is 11.3 Å². The average molecular weight is 265 g/mol. The normalized spacial score (nSPS) is 24.3. The number of hydrogen-bond acceptors (Lipinski definition) is 4. The van der Waals surface area contributed by atoms with Crippen molar-refractivity contribution < 1.29 is 9.59 Å². The number of thiazole rings is 1. The molecule has 1 aromatic heterocycles. The van der Waals surface area contributed by atoms with E-state index in [0.717, 1.165) is 23.5 Å². The predicted molar refractivity (Wildman–Crippen MR) is 66.9 cm³/mol. The SMILES string of the molecule is Cc1nc(CN2C(=O)CNC(=O)C2C2CC2)cs1. The summed E-state index contributed by atoms with van der Waals surface area (Å²) >= 11 is 1.57. The van der Waals surface area contributed by atoms with E-state index in [2.05, 4.69) is 10.3 Å². The molecule has 0 spiro atoms. The van der Waals surface area contributed by atoms with Gasteiger partial charge in [0.25, 0.3) is 0 Å². The molecule has 1 aliphatic heterocycles. The summed E-state index contributed by atoms with van der Waals surface area (Å²) in [7, 11) is 0. The van der Waals surface area contributed by atoms with Crippen molar-refractivity contribution in [3.63, 3.8) is 0 Å². The van der Waals surface area contributed by atoms with Gasteiger partial charge in [-0.3, -0.25) is 9.59 Å². The topological polar surface area (TPSA) is 62.3 Å². The fourth-order valence-electron chi connectivity index (χ4n) is 2.39. The molecule has 6 heteroatoms. The summed E-state index contributed by atoms with van der Waals surface area (Å²) in [5, 5.41) is 5.62. The molecule has 1 atom stereocenters. The van der Waals surface area contributed by atoms with E-state index in [9.17, 15) is 9.59 Å². The van der Waals surface area contributed by atoms with Gasteiger partial charge < -0.3 is 10.2 Å². The molecule has 18 heavy (non-hydrogen) atoms. The van der Waals surface area contributed by atoms with Crippen molar-refractivity contribution in [2.75, 3.05) is 6.54 Å². The van der Waals surface area contributed by atoms with E-state index in [4.69, 9.17) is 0 Å². The zero-order valence-corrected chi connectivity index (χ0v) is 11.0. The summed E-state index contributed by atoms with van der Waals surface area (Å²) in [5.41, 5.74) is 0.881. The van der Waals surface area contributed by atoms with Crippen molar-refractivity contribution in [3.8, 4) is 0 Å². The number of aromatic nitrogens is 1. The lowest BCUT2D eigenvalue weighted by atomic mass is 10.1. The number of carbonyl (C=O) groups excluding carboxylic acids is 2. The fraction of sp³-hybridized carbons (Fsp3) is 0.583. The van der Waals surface area contributed by atoms with Gasteiger partial charge in [0, 0.05) is 5.38 Å². The Morgan fingerprint density at radius 2 is 2.28 bits per heavy atom. The Bertz CT molecular complexity index is 495. The second kappa shape index (κ2) is 4.35. The second-order valence-corrected chi connectivity index (χ2v) is 5.94. The van der Waals surface area contributed by atoms with Gasteiger partial charge in [-0.1, -0.05) is 0 Å². The van der Waals surface area contributed by atoms with Gasteiger partial charge in [-0.25, -0.2) is 4.98 Å². The first-order valence-corrected chi connectivity index (χ1v) is 7.01. The molecule has 1 aliphatic carbocycles. The van der Waals surface area contributed by atoms with E-state index in [0.29, 0.717) is 12.5 Å². The van der Waals surface area contributed by atoms with Crippen molar-refractivity contribution in [2.24, 2.45) is 5.92 Å². The molecule has 0 bridgehead atoms. The first-order valence-electron chi connectivity index (χ1n) is 6.13. The molecule has 0 radical (unpaired) electrons. The maximum Gasteiger partial charge on any atom is 0.243 e. The molecule has 1 aromatic rings. The fourth-order valence-corrected chi connectivity index (χ4v) is 2.99. The van der Waals surface area contributed by atoms with Crippen molar-refractivity contribution in [1.82, 2.24) is 15.2 Å². The smallest absolute Gasteiger partial charge is 0.243 e. The van der Waals surface area contributed by atoms with Gasteiger partial charge in [0.1, 0.15) is 6.04 Å². The highest BCUT2D eigenvalue weighted by molar-refractivity contribution is 7.09. The molecule has 3 rings (SSSR count). The largest absolute Gasteiger partial charge is 0.345 e. The van der Waals surface area contributed by atoms with Crippen LogP contribution >= 0.6 is 11.3 Å². The van der Waals surface area contributed by atoms with E-state index in [1.54, 1.807) is 16.2 Å². The van der Waals surface area contributed by atoms with Gasteiger partial charge in [0.05, 0.1) is 23.8 Å². The maximum atomic E-state index is 12.0. The molecule has 96 valence electrons. The molecular weight excluding hydrogens is 250 g/mol. The van der Waals surface area contributed by atoms with Crippen LogP contribution in [0.4, 0.5) is 0 Å². The number of rotatable bonds is 3. The van der Waals surface area contributed by atoms with Crippen molar-refractivity contribution in [2.45, 2.75) is 32.4 Å². The second-order valence-electron chi connectivity index (χ2n) is 4.88. The third-order valence-corrected chi connectivity index (χ3v) is 4.23. The van der Waals surface area contributed by atoms with E-state index >= 15 is 0 Å². The Kier molecular flexibility index (Phi) is 2.81. The summed E-state index contributed by atoms with van der Waals surface area (Å²) in [6, 6.07) is -0.284. The highest BCUT2D eigenvalue weighted by Crippen LogP contribution is 2.37. The Hall–Kier alpha value is -1.43. The van der Waals surface area contributed by atoms with Gasteiger partial charge >= 0.3 is 0 Å². The Morgan fingerprint density at radius 1 is 1.50 bits per heavy atom. The van der Waals surface area contributed by atoms with Gasteiger partial charge in [-0.05, 0) is 25.7 Å². The lowest BCUT2D eigenvalue weighted by Gasteiger charge is -2.34. The summed E-state index contributed by atoms with van der Waals surface area (Å²) in [6.07, 6.45) is 2.08. The van der Waals surface area contributed by atoms with Crippen LogP contribution in [0.1, 0.15) is 23.5 Å². The molecule has 2 amide bonds. The van der Waals surface area contributed by atoms with Crippen molar-refractivity contribution in [1.29, 1.82) is 0 Å². The molecule has 5 nitrogen and oxygen atoms in total. The van der Waals surface area contributed by atoms with Crippen LogP contribution in [0.3, 0.4) is 0 Å². The highest BCUT2D eigenvalue weighted by atomic mass is 32.1. The van der Waals surface area contributed by atoms with E-state index in [1.807, 2.05) is 12.3 Å². The molecule has 2 aliphatic rings. The number of aryl methyl sites for hydroxylation is 1. The minimum absolute atomic E-state index is 0.00264. The Morgan fingerprint density at radius 3 is 2.89 bits per heavy atom. The minimum atomic E-state index is -0.284. The van der Waals surface area contributed by atoms with Crippen LogP contribution in [-0.2, 0) is 16.1 Å². The van der Waals surface area contributed by atoms with Gasteiger partial charge in [-0.2, -0.15) is 0 Å². The summed E-state index contributed by atoms with van der Waals surface area (Å²) in [5.74, 6) is 0.329. The highest BCUT2D eigenvalue weighted by Gasteiger charge is 2.44. The molecule has 1 saturated heterocycles. The number of carbonyl (C=O) groups is 2. The minimum Gasteiger partial charge on any atom is -0.345 e. The van der Waals surface area contributed by atoms with Crippen LogP contribution in [0, 0.1) is 12.8 Å². The zero-order chi connectivity index (χ0) is 12.7. The average Bonchev–Trinajstić information content (AvgIpc) is 3.08. The number of amides is 2. The molecular formula is C12H15N3O2S. The first kappa shape index (κ1) is 11.6. The number of nitrogens with zero attached hydrogens (tertiary/aromatic N) is 2. The quantitative estimate of drug-likeness (QED) is 0.874. The molecule has 0 aromatic carbocycles. The number of piperazine rings is 1. The first-order chi connectivity index (χ1) is 8.65. The maximum absolute atomic E-state index is 12.0. The van der Waals surface area contributed by atoms with Crippen LogP contribution < -0.4 is 5.32 Å². The zero-order valence-electron chi connectivity index (χ0n) is 10.2. The van der Waals surface area contributed by atoms with Gasteiger partial charge in [0.15, 0.2) is 0 Å². The molecule has 2 fully saturated rings. The van der Waals surface area contributed by atoms with E-state index < -0.39 is 0 Å². The molecule has 1 N–H and O–H groups in total. The van der Waals surface area contributed by atoms with Crippen LogP contribution in [-0.4, -0.2) is 34.3 Å². The lowest BCUT2D eigenvalue weighted by molar-refractivity contribution is -0.147. The Labute approximate surface area is 109 Å².